The lowest BCUT2D eigenvalue weighted by molar-refractivity contribution is 0.588. The van der Waals surface area contributed by atoms with Crippen molar-refractivity contribution in [1.82, 2.24) is 9.97 Å². The molecule has 2 aromatic heterocycles. The van der Waals surface area contributed by atoms with Crippen molar-refractivity contribution < 1.29 is 0 Å². The van der Waals surface area contributed by atoms with Gasteiger partial charge in [0.15, 0.2) is 0 Å². The van der Waals surface area contributed by atoms with Crippen LogP contribution in [0.4, 0.5) is 0 Å². The van der Waals surface area contributed by atoms with Gasteiger partial charge in [0.2, 0.25) is 0 Å². The summed E-state index contributed by atoms with van der Waals surface area (Å²) >= 11 is 0. The van der Waals surface area contributed by atoms with Crippen LogP contribution in [-0.4, -0.2) is 18.8 Å². The summed E-state index contributed by atoms with van der Waals surface area (Å²) in [6.45, 7) is 11.4. The third kappa shape index (κ3) is 3.10. The first-order valence-corrected chi connectivity index (χ1v) is 9.70. The van der Waals surface area contributed by atoms with Gasteiger partial charge in [-0.25, -0.2) is 0 Å². The zero-order valence-electron chi connectivity index (χ0n) is 12.4. The van der Waals surface area contributed by atoms with Crippen LogP contribution in [0.5, 0.6) is 0 Å². The molecule has 0 radical (unpaired) electrons. The van der Waals surface area contributed by atoms with Crippen molar-refractivity contribution in [2.24, 2.45) is 0 Å². The summed E-state index contributed by atoms with van der Waals surface area (Å²) in [5.41, 5.74) is 3.51. The van der Waals surface area contributed by atoms with Crippen LogP contribution >= 0.6 is 0 Å². The molecule has 3 heteroatoms. The smallest absolute Gasteiger partial charge is 0.0884 e. The van der Waals surface area contributed by atoms with Gasteiger partial charge in [0.05, 0.1) is 20.2 Å². The lowest BCUT2D eigenvalue weighted by Crippen LogP contribution is -2.28. The first-order valence-electron chi connectivity index (χ1n) is 6.81. The lowest BCUT2D eigenvalue weighted by Gasteiger charge is -2.21. The maximum Gasteiger partial charge on any atom is 0.0884 e. The van der Waals surface area contributed by atoms with Gasteiger partial charge >= 0.3 is 0 Å². The summed E-state index contributed by atoms with van der Waals surface area (Å²) in [6.07, 6.45) is 3.84. The normalized spacial score (nSPS) is 11.9. The number of hydrogen-bond donors (Lipinski definition) is 0. The fourth-order valence-electron chi connectivity index (χ4n) is 2.05. The van der Waals surface area contributed by atoms with Crippen molar-refractivity contribution in [1.29, 1.82) is 0 Å². The lowest BCUT2D eigenvalue weighted by atomic mass is 9.88. The van der Waals surface area contributed by atoms with Gasteiger partial charge < -0.3 is 0 Å². The van der Waals surface area contributed by atoms with E-state index in [1.807, 2.05) is 30.6 Å². The molecule has 0 saturated heterocycles. The molecule has 0 saturated carbocycles. The van der Waals surface area contributed by atoms with E-state index in [1.54, 1.807) is 0 Å². The van der Waals surface area contributed by atoms with Crippen LogP contribution in [-0.2, 0) is 5.41 Å². The third-order valence-corrected chi connectivity index (χ3v) is 5.00. The summed E-state index contributed by atoms with van der Waals surface area (Å²) < 4.78 is 0. The molecule has 0 bridgehead atoms. The quantitative estimate of drug-likeness (QED) is 0.784. The van der Waals surface area contributed by atoms with E-state index >= 15 is 0 Å². The SMILES string of the molecule is C[SiH](C)c1cc(C(C)(C)C)cnc1-c1ccccn1. The summed E-state index contributed by atoms with van der Waals surface area (Å²) in [5, 5.41) is 1.41. The van der Waals surface area contributed by atoms with Gasteiger partial charge in [-0.1, -0.05) is 46.0 Å². The van der Waals surface area contributed by atoms with Crippen LogP contribution in [0.1, 0.15) is 26.3 Å². The van der Waals surface area contributed by atoms with Gasteiger partial charge in [-0.05, 0) is 28.3 Å². The Morgan fingerprint density at radius 2 is 1.79 bits per heavy atom. The van der Waals surface area contributed by atoms with Crippen LogP contribution in [0.3, 0.4) is 0 Å². The summed E-state index contributed by atoms with van der Waals surface area (Å²) in [6, 6.07) is 8.35. The Hall–Kier alpha value is -1.48. The molecule has 0 atom stereocenters. The largest absolute Gasteiger partial charge is 0.255 e. The van der Waals surface area contributed by atoms with Crippen LogP contribution in [0.15, 0.2) is 36.7 Å². The molecule has 0 unspecified atom stereocenters. The molecule has 0 N–H and O–H groups in total. The molecule has 0 aromatic carbocycles. The summed E-state index contributed by atoms with van der Waals surface area (Å²) in [7, 11) is -0.940. The fraction of sp³-hybridized carbons (Fsp3) is 0.375. The molecule has 19 heavy (non-hydrogen) atoms. The van der Waals surface area contributed by atoms with E-state index in [-0.39, 0.29) is 5.41 Å². The zero-order valence-corrected chi connectivity index (χ0v) is 13.6. The minimum Gasteiger partial charge on any atom is -0.255 e. The van der Waals surface area contributed by atoms with Crippen molar-refractivity contribution in [2.75, 3.05) is 0 Å². The van der Waals surface area contributed by atoms with Gasteiger partial charge in [0.1, 0.15) is 0 Å². The van der Waals surface area contributed by atoms with Crippen molar-refractivity contribution >= 4 is 14.0 Å². The molecule has 2 aromatic rings. The standard InChI is InChI=1S/C16H22N2Si/c1-16(2,3)12-10-14(19(4)5)15(18-11-12)13-8-6-7-9-17-13/h6-11,19H,1-5H3. The fourth-order valence-corrected chi connectivity index (χ4v) is 3.33. The van der Waals surface area contributed by atoms with Gasteiger partial charge in [-0.2, -0.15) is 0 Å². The van der Waals surface area contributed by atoms with E-state index < -0.39 is 8.80 Å². The second-order valence-electron chi connectivity index (χ2n) is 6.28. The van der Waals surface area contributed by atoms with E-state index in [0.29, 0.717) is 0 Å². The Morgan fingerprint density at radius 3 is 2.32 bits per heavy atom. The highest BCUT2D eigenvalue weighted by Gasteiger charge is 2.19. The second kappa shape index (κ2) is 5.25. The Kier molecular flexibility index (Phi) is 3.85. The molecule has 0 amide bonds. The van der Waals surface area contributed by atoms with Crippen molar-refractivity contribution in [3.8, 4) is 11.4 Å². The highest BCUT2D eigenvalue weighted by atomic mass is 28.3. The van der Waals surface area contributed by atoms with E-state index in [4.69, 9.17) is 4.98 Å². The summed E-state index contributed by atoms with van der Waals surface area (Å²) in [4.78, 5) is 9.15. The molecule has 2 heterocycles. The van der Waals surface area contributed by atoms with Crippen LogP contribution in [0, 0.1) is 0 Å². The molecule has 0 aliphatic heterocycles. The average molecular weight is 270 g/mol. The number of rotatable bonds is 2. The number of aromatic nitrogens is 2. The molecule has 100 valence electrons. The minimum absolute atomic E-state index is 0.147. The van der Waals surface area contributed by atoms with E-state index in [2.05, 4.69) is 44.9 Å². The topological polar surface area (TPSA) is 25.8 Å². The van der Waals surface area contributed by atoms with Gasteiger partial charge in [-0.15, -0.1) is 0 Å². The van der Waals surface area contributed by atoms with E-state index in [9.17, 15) is 0 Å². The van der Waals surface area contributed by atoms with E-state index in [0.717, 1.165) is 11.4 Å². The van der Waals surface area contributed by atoms with E-state index in [1.165, 1.54) is 10.8 Å². The Bertz CT molecular complexity index is 557. The predicted molar refractivity (Wildman–Crippen MR) is 84.7 cm³/mol. The Morgan fingerprint density at radius 1 is 1.05 bits per heavy atom. The van der Waals surface area contributed by atoms with Crippen LogP contribution < -0.4 is 5.19 Å². The summed E-state index contributed by atoms with van der Waals surface area (Å²) in [5.74, 6) is 0. The number of nitrogens with zero attached hydrogens (tertiary/aromatic N) is 2. The molecule has 0 aliphatic rings. The van der Waals surface area contributed by atoms with Crippen molar-refractivity contribution in [3.63, 3.8) is 0 Å². The maximum atomic E-state index is 4.71. The average Bonchev–Trinajstić information content (AvgIpc) is 2.38. The first kappa shape index (κ1) is 13.9. The molecular weight excluding hydrogens is 248 g/mol. The minimum atomic E-state index is -0.940. The van der Waals surface area contributed by atoms with Gasteiger partial charge in [0.25, 0.3) is 0 Å². The third-order valence-electron chi connectivity index (χ3n) is 3.31. The molecular formula is C16H22N2Si. The highest BCUT2D eigenvalue weighted by molar-refractivity contribution is 6.72. The second-order valence-corrected chi connectivity index (χ2v) is 9.21. The predicted octanol–water partition coefficient (Wildman–Crippen LogP) is 3.13. The van der Waals surface area contributed by atoms with Gasteiger partial charge in [-0.3, -0.25) is 9.97 Å². The molecule has 2 nitrogen and oxygen atoms in total. The first-order chi connectivity index (χ1) is 8.89. The Labute approximate surface area is 117 Å². The van der Waals surface area contributed by atoms with Crippen LogP contribution in [0.2, 0.25) is 13.1 Å². The molecule has 0 aliphatic carbocycles. The van der Waals surface area contributed by atoms with Crippen molar-refractivity contribution in [3.05, 3.63) is 42.2 Å². The molecule has 0 fully saturated rings. The Balaban J connectivity index is 2.57. The van der Waals surface area contributed by atoms with Crippen LogP contribution in [0.25, 0.3) is 11.4 Å². The molecule has 2 rings (SSSR count). The monoisotopic (exact) mass is 270 g/mol. The maximum absolute atomic E-state index is 4.71. The number of pyridine rings is 2. The zero-order chi connectivity index (χ0) is 14.0. The van der Waals surface area contributed by atoms with Crippen molar-refractivity contribution in [2.45, 2.75) is 39.3 Å². The van der Waals surface area contributed by atoms with Gasteiger partial charge in [0, 0.05) is 12.4 Å². The molecule has 0 spiro atoms. The highest BCUT2D eigenvalue weighted by Crippen LogP contribution is 2.22. The number of hydrogen-bond acceptors (Lipinski definition) is 2.